The van der Waals surface area contributed by atoms with Crippen LogP contribution in [0.5, 0.6) is 0 Å². The van der Waals surface area contributed by atoms with E-state index in [4.69, 9.17) is 28.6 Å². The highest BCUT2D eigenvalue weighted by atomic mass is 35.5. The lowest BCUT2D eigenvalue weighted by Gasteiger charge is -1.77. The number of hydrogen-bond acceptors (Lipinski definition) is 2. The van der Waals surface area contributed by atoms with E-state index in [-0.39, 0.29) is 0 Å². The van der Waals surface area contributed by atoms with Crippen LogP contribution < -0.4 is 0 Å². The summed E-state index contributed by atoms with van der Waals surface area (Å²) < 4.78 is 0. The van der Waals surface area contributed by atoms with Crippen molar-refractivity contribution >= 4 is 29.2 Å². The number of rotatable bonds is 1. The first kappa shape index (κ1) is 5.96. The van der Waals surface area contributed by atoms with Gasteiger partial charge in [0.1, 0.15) is 0 Å². The van der Waals surface area contributed by atoms with Gasteiger partial charge in [-0.15, -0.1) is 0 Å². The fraction of sp³-hybridized carbons (Fsp3) is 0.500. The smallest absolute Gasteiger partial charge is 0.207 e. The molecule has 4 heteroatoms. The molecule has 0 aliphatic carbocycles. The Bertz CT molecular complexity index is 73.6. The van der Waals surface area contributed by atoms with Crippen LogP contribution in [0.3, 0.4) is 0 Å². The van der Waals surface area contributed by atoms with Gasteiger partial charge in [-0.2, -0.15) is 4.99 Å². The monoisotopic (exact) mass is 124 g/mol. The maximum Gasteiger partial charge on any atom is 0.207 e. The molecule has 0 amide bonds. The quantitative estimate of drug-likeness (QED) is 0.313. The lowest BCUT2D eigenvalue weighted by Crippen LogP contribution is -1.72. The van der Waals surface area contributed by atoms with E-state index in [1.807, 2.05) is 0 Å². The van der Waals surface area contributed by atoms with Gasteiger partial charge in [-0.25, -0.2) is 5.41 Å². The SMILES string of the molecule is N=C=NC(Cl)Cl. The molecule has 1 N–H and O–H groups in total. The van der Waals surface area contributed by atoms with Gasteiger partial charge >= 0.3 is 0 Å². The van der Waals surface area contributed by atoms with E-state index >= 15 is 0 Å². The van der Waals surface area contributed by atoms with Crippen LogP contribution in [0.2, 0.25) is 0 Å². The molecule has 0 fully saturated rings. The Hall–Kier alpha value is -0.0400. The van der Waals surface area contributed by atoms with Crippen molar-refractivity contribution in [1.82, 2.24) is 0 Å². The zero-order valence-corrected chi connectivity index (χ0v) is 4.29. The molecule has 0 radical (unpaired) electrons. The molecule has 0 aliphatic heterocycles. The highest BCUT2D eigenvalue weighted by Crippen LogP contribution is 1.99. The number of nitrogens with zero attached hydrogens (tertiary/aromatic N) is 1. The van der Waals surface area contributed by atoms with Crippen molar-refractivity contribution in [2.45, 2.75) is 4.96 Å². The Kier molecular flexibility index (Phi) is 3.14. The van der Waals surface area contributed by atoms with E-state index in [0.717, 1.165) is 0 Å². The molecule has 0 saturated carbocycles. The van der Waals surface area contributed by atoms with E-state index in [9.17, 15) is 0 Å². The van der Waals surface area contributed by atoms with Crippen molar-refractivity contribution in [3.8, 4) is 0 Å². The van der Waals surface area contributed by atoms with Crippen molar-refractivity contribution < 1.29 is 0 Å². The summed E-state index contributed by atoms with van der Waals surface area (Å²) in [7, 11) is 0. The summed E-state index contributed by atoms with van der Waals surface area (Å²) in [4.78, 5) is 2.24. The second kappa shape index (κ2) is 3.16. The minimum Gasteiger partial charge on any atom is -0.241 e. The molecule has 0 aromatic heterocycles. The largest absolute Gasteiger partial charge is 0.241 e. The number of alkyl halides is 2. The van der Waals surface area contributed by atoms with Crippen molar-refractivity contribution in [2.75, 3.05) is 0 Å². The average molecular weight is 125 g/mol. The zero-order chi connectivity index (χ0) is 4.99. The fourth-order valence-corrected chi connectivity index (χ4v) is 0.146. The molecular weight excluding hydrogens is 123 g/mol. The van der Waals surface area contributed by atoms with Crippen LogP contribution in [-0.2, 0) is 0 Å². The van der Waals surface area contributed by atoms with Gasteiger partial charge in [0, 0.05) is 0 Å². The Labute approximate surface area is 45.3 Å². The molecule has 0 heterocycles. The van der Waals surface area contributed by atoms with Crippen LogP contribution in [0, 0.1) is 5.41 Å². The van der Waals surface area contributed by atoms with Crippen molar-refractivity contribution in [2.24, 2.45) is 4.99 Å². The third-order valence-corrected chi connectivity index (χ3v) is 0.357. The van der Waals surface area contributed by atoms with Gasteiger partial charge in [0.2, 0.25) is 4.96 Å². The maximum absolute atomic E-state index is 6.15. The van der Waals surface area contributed by atoms with E-state index < -0.39 is 4.96 Å². The van der Waals surface area contributed by atoms with Crippen LogP contribution in [-0.4, -0.2) is 11.0 Å². The molecule has 0 saturated heterocycles. The summed E-state index contributed by atoms with van der Waals surface area (Å²) >= 11 is 9.99. The number of nitrogens with one attached hydrogen (secondary N) is 1. The van der Waals surface area contributed by atoms with Crippen molar-refractivity contribution in [1.29, 1.82) is 5.41 Å². The summed E-state index contributed by atoms with van der Waals surface area (Å²) in [5.74, 6) is 0. The predicted molar refractivity (Wildman–Crippen MR) is 25.6 cm³/mol. The Balaban J connectivity index is 3.29. The number of hydrogen-bond donors (Lipinski definition) is 1. The lowest BCUT2D eigenvalue weighted by atomic mass is 11.3. The second-order valence-corrected chi connectivity index (χ2v) is 1.57. The number of halogens is 2. The fourth-order valence-electron chi connectivity index (χ4n) is 0.0488. The molecule has 0 rings (SSSR count). The van der Waals surface area contributed by atoms with Gasteiger partial charge < -0.3 is 0 Å². The van der Waals surface area contributed by atoms with Gasteiger partial charge in [0.15, 0.2) is 0 Å². The molecular formula is C2H2Cl2N2. The maximum atomic E-state index is 6.15. The van der Waals surface area contributed by atoms with Gasteiger partial charge in [0.25, 0.3) is 0 Å². The van der Waals surface area contributed by atoms with Gasteiger partial charge in [-0.3, -0.25) is 0 Å². The second-order valence-electron chi connectivity index (χ2n) is 0.519. The molecule has 0 atom stereocenters. The van der Waals surface area contributed by atoms with Gasteiger partial charge in [0.05, 0.1) is 6.01 Å². The predicted octanol–water partition coefficient (Wildman–Crippen LogP) is 1.50. The lowest BCUT2D eigenvalue weighted by molar-refractivity contribution is 1.27. The molecule has 0 spiro atoms. The summed E-state index contributed by atoms with van der Waals surface area (Å²) in [6.07, 6.45) is 0. The molecule has 6 heavy (non-hydrogen) atoms. The van der Waals surface area contributed by atoms with E-state index in [2.05, 4.69) is 4.99 Å². The van der Waals surface area contributed by atoms with Crippen LogP contribution >= 0.6 is 23.2 Å². The van der Waals surface area contributed by atoms with Gasteiger partial charge in [-0.05, 0) is 0 Å². The molecule has 0 aliphatic rings. The first-order valence-corrected chi connectivity index (χ1v) is 2.04. The van der Waals surface area contributed by atoms with E-state index in [1.54, 1.807) is 6.01 Å². The topological polar surface area (TPSA) is 36.2 Å². The first-order chi connectivity index (χ1) is 2.77. The third kappa shape index (κ3) is 3.96. The molecule has 0 aromatic carbocycles. The highest BCUT2D eigenvalue weighted by Gasteiger charge is 1.84. The standard InChI is InChI=1S/C2H2Cl2N2/c3-2(4)6-1-5/h2,5H. The molecule has 34 valence electrons. The van der Waals surface area contributed by atoms with Crippen LogP contribution in [0.1, 0.15) is 0 Å². The summed E-state index contributed by atoms with van der Waals surface area (Å²) in [6, 6.07) is 1.68. The van der Waals surface area contributed by atoms with Crippen molar-refractivity contribution in [3.63, 3.8) is 0 Å². The molecule has 0 bridgehead atoms. The zero-order valence-electron chi connectivity index (χ0n) is 2.78. The summed E-state index contributed by atoms with van der Waals surface area (Å²) in [6.45, 7) is 0. The average Bonchev–Trinajstić information content (AvgIpc) is 1.35. The third-order valence-electron chi connectivity index (χ3n) is 0.162. The molecule has 0 aromatic rings. The highest BCUT2D eigenvalue weighted by molar-refractivity contribution is 6.44. The molecule has 0 unspecified atom stereocenters. The normalized spacial score (nSPS) is 7.83. The van der Waals surface area contributed by atoms with Crippen molar-refractivity contribution in [3.05, 3.63) is 0 Å². The summed E-state index contributed by atoms with van der Waals surface area (Å²) in [5, 5.41) is 6.15. The van der Waals surface area contributed by atoms with Gasteiger partial charge in [-0.1, -0.05) is 23.2 Å². The Morgan fingerprint density at radius 1 is 1.67 bits per heavy atom. The minimum absolute atomic E-state index is 0.831. The summed E-state index contributed by atoms with van der Waals surface area (Å²) in [5.41, 5.74) is 0. The Morgan fingerprint density at radius 2 is 2.17 bits per heavy atom. The van der Waals surface area contributed by atoms with Crippen LogP contribution in [0.4, 0.5) is 0 Å². The molecule has 2 nitrogen and oxygen atoms in total. The number of aliphatic imine (C=N–C) groups is 1. The minimum atomic E-state index is -0.831. The Morgan fingerprint density at radius 3 is 2.17 bits per heavy atom. The first-order valence-electron chi connectivity index (χ1n) is 1.17. The van der Waals surface area contributed by atoms with Crippen LogP contribution in [0.15, 0.2) is 4.99 Å². The van der Waals surface area contributed by atoms with Crippen LogP contribution in [0.25, 0.3) is 0 Å². The van der Waals surface area contributed by atoms with E-state index in [1.165, 1.54) is 0 Å². The van der Waals surface area contributed by atoms with E-state index in [0.29, 0.717) is 0 Å².